The molecule has 0 aliphatic carbocycles. The summed E-state index contributed by atoms with van der Waals surface area (Å²) in [5.74, 6) is 0. The molecule has 3 rings (SSSR count). The summed E-state index contributed by atoms with van der Waals surface area (Å²) in [6, 6.07) is 21.2. The van der Waals surface area contributed by atoms with E-state index < -0.39 is 0 Å². The minimum absolute atomic E-state index is 0.0830. The zero-order valence-corrected chi connectivity index (χ0v) is 11.9. The van der Waals surface area contributed by atoms with E-state index in [1.54, 1.807) is 0 Å². The summed E-state index contributed by atoms with van der Waals surface area (Å²) in [4.78, 5) is 0. The molecule has 1 nitrogen and oxygen atoms in total. The average Bonchev–Trinajstić information content (AvgIpc) is 2.47. The van der Waals surface area contributed by atoms with Crippen LogP contribution in [0.3, 0.4) is 0 Å². The molecule has 0 spiro atoms. The fraction of sp³-hybridized carbons (Fsp3) is 0.158. The van der Waals surface area contributed by atoms with Crippen LogP contribution >= 0.6 is 0 Å². The summed E-state index contributed by atoms with van der Waals surface area (Å²) in [5.41, 5.74) is 11.4. The van der Waals surface area contributed by atoms with Gasteiger partial charge in [0, 0.05) is 0 Å². The number of benzene rings is 3. The van der Waals surface area contributed by atoms with E-state index in [9.17, 15) is 0 Å². The van der Waals surface area contributed by atoms with Crippen molar-refractivity contribution in [3.63, 3.8) is 0 Å². The van der Waals surface area contributed by atoms with Gasteiger partial charge >= 0.3 is 0 Å². The van der Waals surface area contributed by atoms with E-state index >= 15 is 0 Å². The summed E-state index contributed by atoms with van der Waals surface area (Å²) in [7, 11) is 0. The van der Waals surface area contributed by atoms with Gasteiger partial charge in [-0.2, -0.15) is 0 Å². The van der Waals surface area contributed by atoms with Gasteiger partial charge in [-0.05, 0) is 41.3 Å². The number of hydrogen-bond donors (Lipinski definition) is 1. The van der Waals surface area contributed by atoms with Crippen molar-refractivity contribution >= 4 is 10.8 Å². The molecule has 0 aliphatic rings. The van der Waals surface area contributed by atoms with E-state index in [0.29, 0.717) is 0 Å². The van der Waals surface area contributed by atoms with Crippen molar-refractivity contribution in [2.45, 2.75) is 19.9 Å². The fourth-order valence-electron chi connectivity index (χ4n) is 2.79. The van der Waals surface area contributed by atoms with Crippen LogP contribution in [-0.4, -0.2) is 0 Å². The maximum Gasteiger partial charge on any atom is 0.0557 e. The van der Waals surface area contributed by atoms with Gasteiger partial charge in [-0.3, -0.25) is 0 Å². The normalized spacial score (nSPS) is 12.6. The lowest BCUT2D eigenvalue weighted by Crippen LogP contribution is -2.12. The second-order valence-corrected chi connectivity index (χ2v) is 5.41. The van der Waals surface area contributed by atoms with Crippen molar-refractivity contribution in [2.75, 3.05) is 0 Å². The average molecular weight is 261 g/mol. The van der Waals surface area contributed by atoms with E-state index in [-0.39, 0.29) is 6.04 Å². The minimum Gasteiger partial charge on any atom is -0.320 e. The largest absolute Gasteiger partial charge is 0.320 e. The van der Waals surface area contributed by atoms with Gasteiger partial charge < -0.3 is 5.73 Å². The topological polar surface area (TPSA) is 26.0 Å². The third-order valence-corrected chi connectivity index (χ3v) is 3.91. The highest BCUT2D eigenvalue weighted by Crippen LogP contribution is 2.29. The van der Waals surface area contributed by atoms with Crippen LogP contribution in [0.2, 0.25) is 0 Å². The third kappa shape index (κ3) is 2.21. The van der Waals surface area contributed by atoms with E-state index in [4.69, 9.17) is 5.73 Å². The summed E-state index contributed by atoms with van der Waals surface area (Å²) >= 11 is 0. The van der Waals surface area contributed by atoms with Crippen molar-refractivity contribution < 1.29 is 0 Å². The molecular formula is C19H19N. The highest BCUT2D eigenvalue weighted by Gasteiger charge is 2.12. The van der Waals surface area contributed by atoms with Crippen LogP contribution in [0.25, 0.3) is 10.8 Å². The zero-order chi connectivity index (χ0) is 14.1. The van der Waals surface area contributed by atoms with Crippen molar-refractivity contribution in [3.05, 3.63) is 82.9 Å². The first-order valence-electron chi connectivity index (χ1n) is 6.97. The molecule has 0 saturated carbocycles. The van der Waals surface area contributed by atoms with Gasteiger partial charge in [0.2, 0.25) is 0 Å². The van der Waals surface area contributed by atoms with Crippen LogP contribution in [-0.2, 0) is 0 Å². The lowest BCUT2D eigenvalue weighted by Gasteiger charge is -2.17. The summed E-state index contributed by atoms with van der Waals surface area (Å²) in [6.07, 6.45) is 0. The molecule has 100 valence electrons. The Morgan fingerprint density at radius 2 is 1.55 bits per heavy atom. The monoisotopic (exact) mass is 261 g/mol. The first-order valence-corrected chi connectivity index (χ1v) is 6.97. The smallest absolute Gasteiger partial charge is 0.0557 e. The van der Waals surface area contributed by atoms with E-state index in [2.05, 4.69) is 74.5 Å². The zero-order valence-electron chi connectivity index (χ0n) is 11.9. The Labute approximate surface area is 120 Å². The lowest BCUT2D eigenvalue weighted by molar-refractivity contribution is 0.878. The molecule has 3 aromatic rings. The summed E-state index contributed by atoms with van der Waals surface area (Å²) in [5, 5.41) is 2.54. The quantitative estimate of drug-likeness (QED) is 0.722. The van der Waals surface area contributed by atoms with Crippen molar-refractivity contribution in [1.82, 2.24) is 0 Å². The molecule has 0 bridgehead atoms. The van der Waals surface area contributed by atoms with Crippen molar-refractivity contribution in [3.8, 4) is 0 Å². The molecule has 0 aliphatic heterocycles. The molecule has 0 aromatic heterocycles. The first kappa shape index (κ1) is 12.9. The molecule has 1 atom stereocenters. The Morgan fingerprint density at radius 1 is 0.800 bits per heavy atom. The predicted octanol–water partition coefficient (Wildman–Crippen LogP) is 4.50. The summed E-state index contributed by atoms with van der Waals surface area (Å²) < 4.78 is 0. The molecule has 0 heterocycles. The first-order chi connectivity index (χ1) is 9.66. The Hall–Kier alpha value is -2.12. The van der Waals surface area contributed by atoms with Crippen LogP contribution in [0, 0.1) is 13.8 Å². The molecule has 2 N–H and O–H groups in total. The number of fused-ring (bicyclic) bond motifs is 1. The molecular weight excluding hydrogens is 242 g/mol. The molecule has 20 heavy (non-hydrogen) atoms. The number of aryl methyl sites for hydroxylation is 2. The van der Waals surface area contributed by atoms with E-state index in [1.165, 1.54) is 33.0 Å². The lowest BCUT2D eigenvalue weighted by atomic mass is 9.92. The van der Waals surface area contributed by atoms with Gasteiger partial charge in [0.1, 0.15) is 0 Å². The van der Waals surface area contributed by atoms with Gasteiger partial charge in [-0.1, -0.05) is 66.2 Å². The van der Waals surface area contributed by atoms with Crippen LogP contribution in [0.1, 0.15) is 28.3 Å². The van der Waals surface area contributed by atoms with Gasteiger partial charge in [-0.25, -0.2) is 0 Å². The molecule has 1 heteroatoms. The van der Waals surface area contributed by atoms with E-state index in [0.717, 1.165) is 0 Å². The molecule has 3 aromatic carbocycles. The molecule has 0 fully saturated rings. The highest BCUT2D eigenvalue weighted by atomic mass is 14.6. The highest BCUT2D eigenvalue weighted by molar-refractivity contribution is 5.89. The number of rotatable bonds is 2. The maximum absolute atomic E-state index is 6.50. The fourth-order valence-corrected chi connectivity index (χ4v) is 2.79. The molecule has 0 amide bonds. The Kier molecular flexibility index (Phi) is 3.29. The van der Waals surface area contributed by atoms with E-state index in [1.807, 2.05) is 0 Å². The van der Waals surface area contributed by atoms with Crippen LogP contribution in [0.5, 0.6) is 0 Å². The second-order valence-electron chi connectivity index (χ2n) is 5.41. The van der Waals surface area contributed by atoms with Crippen LogP contribution < -0.4 is 5.73 Å². The Balaban J connectivity index is 2.17. The minimum atomic E-state index is -0.0830. The van der Waals surface area contributed by atoms with Gasteiger partial charge in [-0.15, -0.1) is 0 Å². The van der Waals surface area contributed by atoms with Crippen LogP contribution in [0.4, 0.5) is 0 Å². The Morgan fingerprint density at radius 3 is 2.30 bits per heavy atom. The van der Waals surface area contributed by atoms with Gasteiger partial charge in [0.15, 0.2) is 0 Å². The van der Waals surface area contributed by atoms with Crippen molar-refractivity contribution in [1.29, 1.82) is 0 Å². The summed E-state index contributed by atoms with van der Waals surface area (Å²) in [6.45, 7) is 4.24. The number of nitrogens with two attached hydrogens (primary N) is 1. The van der Waals surface area contributed by atoms with Gasteiger partial charge in [0.25, 0.3) is 0 Å². The predicted molar refractivity (Wildman–Crippen MR) is 85.9 cm³/mol. The third-order valence-electron chi connectivity index (χ3n) is 3.91. The second kappa shape index (κ2) is 5.10. The van der Waals surface area contributed by atoms with Crippen LogP contribution in [0.15, 0.2) is 60.7 Å². The van der Waals surface area contributed by atoms with Crippen molar-refractivity contribution in [2.24, 2.45) is 5.73 Å². The SMILES string of the molecule is Cc1cccc(C(N)c2ccc(C)c3ccccc23)c1. The number of hydrogen-bond acceptors (Lipinski definition) is 1. The molecule has 0 radical (unpaired) electrons. The maximum atomic E-state index is 6.50. The molecule has 1 unspecified atom stereocenters. The Bertz CT molecular complexity index is 759. The van der Waals surface area contributed by atoms with Gasteiger partial charge in [0.05, 0.1) is 6.04 Å². The standard InChI is InChI=1S/C19H19N/c1-13-6-5-7-15(12-13)19(20)18-11-10-14(2)16-8-3-4-9-17(16)18/h3-12,19H,20H2,1-2H3. The molecule has 0 saturated heterocycles.